The van der Waals surface area contributed by atoms with Crippen LogP contribution in [0.25, 0.3) is 0 Å². The topological polar surface area (TPSA) is 85.9 Å². The molecule has 5 rings (SSSR count). The molecule has 4 aromatic rings. The Labute approximate surface area is 267 Å². The number of benzene rings is 3. The molecule has 0 bridgehead atoms. The van der Waals surface area contributed by atoms with E-state index in [4.69, 9.17) is 23.2 Å². The summed E-state index contributed by atoms with van der Waals surface area (Å²) in [5.41, 5.74) is 2.84. The van der Waals surface area contributed by atoms with Gasteiger partial charge in [0, 0.05) is 55.5 Å². The number of likely N-dealkylation sites (tertiary alicyclic amines) is 1. The lowest BCUT2D eigenvalue weighted by Gasteiger charge is -2.48. The zero-order valence-corrected chi connectivity index (χ0v) is 26.7. The first kappa shape index (κ1) is 31.7. The van der Waals surface area contributed by atoms with Gasteiger partial charge in [-0.25, -0.2) is 17.8 Å². The molecule has 1 saturated heterocycles. The van der Waals surface area contributed by atoms with Gasteiger partial charge in [-0.2, -0.15) is 0 Å². The van der Waals surface area contributed by atoms with Crippen LogP contribution in [0, 0.1) is 5.82 Å². The number of rotatable bonds is 10. The fourth-order valence-electron chi connectivity index (χ4n) is 5.33. The lowest BCUT2D eigenvalue weighted by Crippen LogP contribution is -2.61. The summed E-state index contributed by atoms with van der Waals surface area (Å²) in [6, 6.07) is 21.7. The van der Waals surface area contributed by atoms with E-state index in [0.29, 0.717) is 23.1 Å². The Morgan fingerprint density at radius 1 is 0.977 bits per heavy atom. The number of carbonyl (C=O) groups excluding carboxylic acids is 1. The number of sulfonamides is 1. The maximum absolute atomic E-state index is 14.9. The van der Waals surface area contributed by atoms with Crippen LogP contribution in [-0.2, 0) is 16.6 Å². The average Bonchev–Trinajstić information content (AvgIpc) is 2.95. The Kier molecular flexibility index (Phi) is 9.45. The molecule has 0 unspecified atom stereocenters. The second-order valence-electron chi connectivity index (χ2n) is 11.0. The van der Waals surface area contributed by atoms with Crippen molar-refractivity contribution >= 4 is 50.6 Å². The van der Waals surface area contributed by atoms with Crippen molar-refractivity contribution in [1.29, 1.82) is 0 Å². The van der Waals surface area contributed by atoms with Crippen LogP contribution in [0.2, 0.25) is 10.0 Å². The molecule has 1 aliphatic heterocycles. The summed E-state index contributed by atoms with van der Waals surface area (Å²) >= 11 is 12.3. The molecule has 0 aliphatic carbocycles. The molecule has 12 heteroatoms. The molecule has 44 heavy (non-hydrogen) atoms. The molecule has 0 radical (unpaired) electrons. The van der Waals surface area contributed by atoms with Crippen LogP contribution in [0.1, 0.15) is 33.1 Å². The molecule has 0 atom stereocenters. The fraction of sp³-hybridized carbons (Fsp3) is 0.250. The average molecular weight is 657 g/mol. The lowest BCUT2D eigenvalue weighted by molar-refractivity contribution is 0.0950. The highest BCUT2D eigenvalue weighted by Crippen LogP contribution is 2.37. The van der Waals surface area contributed by atoms with E-state index < -0.39 is 27.8 Å². The van der Waals surface area contributed by atoms with Gasteiger partial charge in [0.2, 0.25) is 10.0 Å². The summed E-state index contributed by atoms with van der Waals surface area (Å²) in [6.07, 6.45) is 2.74. The molecule has 1 fully saturated rings. The van der Waals surface area contributed by atoms with Gasteiger partial charge < -0.3 is 10.2 Å². The predicted octanol–water partition coefficient (Wildman–Crippen LogP) is 5.76. The lowest BCUT2D eigenvalue weighted by atomic mass is 9.93. The second-order valence-corrected chi connectivity index (χ2v) is 13.7. The number of nitrogens with zero attached hydrogens (tertiary/aromatic N) is 4. The molecule has 0 spiro atoms. The molecular formula is C32H32Cl2FN5O3S. The summed E-state index contributed by atoms with van der Waals surface area (Å²) in [4.78, 5) is 21.4. The molecule has 2 heterocycles. The number of hydrogen-bond donors (Lipinski definition) is 1. The highest BCUT2D eigenvalue weighted by atomic mass is 35.5. The third-order valence-electron chi connectivity index (χ3n) is 7.44. The fourth-order valence-corrected chi connectivity index (χ4v) is 6.74. The summed E-state index contributed by atoms with van der Waals surface area (Å²) in [6.45, 7) is 0.920. The first-order valence-corrected chi connectivity index (χ1v) is 16.4. The summed E-state index contributed by atoms with van der Waals surface area (Å²) in [5, 5.41) is 3.98. The number of nitrogens with one attached hydrogen (secondary N) is 1. The van der Waals surface area contributed by atoms with E-state index in [9.17, 15) is 17.6 Å². The van der Waals surface area contributed by atoms with Gasteiger partial charge >= 0.3 is 0 Å². The minimum Gasteiger partial charge on any atom is -0.363 e. The number of aromatic nitrogens is 1. The maximum Gasteiger partial charge on any atom is 0.251 e. The maximum atomic E-state index is 14.9. The predicted molar refractivity (Wildman–Crippen MR) is 174 cm³/mol. The molecular weight excluding hydrogens is 624 g/mol. The van der Waals surface area contributed by atoms with Crippen molar-refractivity contribution in [2.75, 3.05) is 42.6 Å². The van der Waals surface area contributed by atoms with Crippen LogP contribution in [0.4, 0.5) is 15.9 Å². The first-order chi connectivity index (χ1) is 20.9. The van der Waals surface area contributed by atoms with Crippen LogP contribution in [0.5, 0.6) is 0 Å². The van der Waals surface area contributed by atoms with Crippen LogP contribution < -0.4 is 14.5 Å². The van der Waals surface area contributed by atoms with Crippen LogP contribution in [0.15, 0.2) is 85.1 Å². The third kappa shape index (κ3) is 7.32. The van der Waals surface area contributed by atoms with Crippen LogP contribution in [0.3, 0.4) is 0 Å². The van der Waals surface area contributed by atoms with Crippen molar-refractivity contribution in [2.24, 2.45) is 0 Å². The summed E-state index contributed by atoms with van der Waals surface area (Å²) < 4.78 is 42.2. The van der Waals surface area contributed by atoms with E-state index in [0.717, 1.165) is 40.9 Å². The van der Waals surface area contributed by atoms with Gasteiger partial charge in [0.15, 0.2) is 0 Å². The zero-order valence-electron chi connectivity index (χ0n) is 24.4. The van der Waals surface area contributed by atoms with Crippen molar-refractivity contribution in [3.63, 3.8) is 0 Å². The number of pyridine rings is 1. The zero-order chi connectivity index (χ0) is 31.6. The van der Waals surface area contributed by atoms with Gasteiger partial charge in [-0.3, -0.25) is 14.0 Å². The Morgan fingerprint density at radius 3 is 2.07 bits per heavy atom. The molecule has 3 aromatic carbocycles. The highest BCUT2D eigenvalue weighted by molar-refractivity contribution is 7.92. The Bertz CT molecular complexity index is 1690. The molecule has 8 nitrogen and oxygen atoms in total. The van der Waals surface area contributed by atoms with Crippen molar-refractivity contribution in [1.82, 2.24) is 15.2 Å². The number of hydrogen-bond acceptors (Lipinski definition) is 6. The van der Waals surface area contributed by atoms with Gasteiger partial charge in [-0.15, -0.1) is 0 Å². The molecule has 1 aromatic heterocycles. The van der Waals surface area contributed by atoms with E-state index in [1.165, 1.54) is 10.4 Å². The Balaban J connectivity index is 1.36. The standard InChI is InChI=1S/C32H32Cl2FN5O3S/c1-38(2)30-13-4-21(17-36-30)18-37-32(41)24-14-27(35)16-28(15-24)40(44(3,42)43)29-19-39(20-29)31(22-5-9-25(33)10-6-22)23-7-11-26(34)12-8-23/h4-17,29,31H,18-20H2,1-3H3,(H,37,41). The van der Waals surface area contributed by atoms with Gasteiger partial charge in [0.25, 0.3) is 5.91 Å². The van der Waals surface area contributed by atoms with Crippen molar-refractivity contribution in [3.05, 3.63) is 123 Å². The van der Waals surface area contributed by atoms with E-state index in [-0.39, 0.29) is 23.8 Å². The quantitative estimate of drug-likeness (QED) is 0.234. The van der Waals surface area contributed by atoms with E-state index >= 15 is 0 Å². The van der Waals surface area contributed by atoms with E-state index in [1.807, 2.05) is 79.7 Å². The van der Waals surface area contributed by atoms with Crippen LogP contribution >= 0.6 is 23.2 Å². The SMILES string of the molecule is CN(C)c1ccc(CNC(=O)c2cc(F)cc(N(C3CN(C(c4ccc(Cl)cc4)c4ccc(Cl)cc4)C3)S(C)(=O)=O)c2)cn1. The number of carbonyl (C=O) groups is 1. The van der Waals surface area contributed by atoms with Crippen molar-refractivity contribution in [3.8, 4) is 0 Å². The molecule has 0 saturated carbocycles. The van der Waals surface area contributed by atoms with Crippen molar-refractivity contribution in [2.45, 2.75) is 18.6 Å². The first-order valence-electron chi connectivity index (χ1n) is 13.8. The molecule has 1 N–H and O–H groups in total. The largest absolute Gasteiger partial charge is 0.363 e. The van der Waals surface area contributed by atoms with Gasteiger partial charge in [-0.05, 0) is 65.2 Å². The summed E-state index contributed by atoms with van der Waals surface area (Å²) in [7, 11) is -0.0745. The minimum absolute atomic E-state index is 0.0166. The normalized spacial score (nSPS) is 13.9. The Hall–Kier alpha value is -3.70. The third-order valence-corrected chi connectivity index (χ3v) is 9.16. The number of amides is 1. The van der Waals surface area contributed by atoms with E-state index in [2.05, 4.69) is 15.2 Å². The Morgan fingerprint density at radius 2 is 1.57 bits per heavy atom. The van der Waals surface area contributed by atoms with Crippen LogP contribution in [-0.4, -0.2) is 63.7 Å². The minimum atomic E-state index is -3.83. The van der Waals surface area contributed by atoms with Gasteiger partial charge in [0.1, 0.15) is 11.6 Å². The molecule has 1 aliphatic rings. The number of anilines is 2. The monoisotopic (exact) mass is 655 g/mol. The van der Waals surface area contributed by atoms with Gasteiger partial charge in [0.05, 0.1) is 24.0 Å². The summed E-state index contributed by atoms with van der Waals surface area (Å²) in [5.74, 6) is -0.468. The van der Waals surface area contributed by atoms with E-state index in [1.54, 1.807) is 6.20 Å². The smallest absolute Gasteiger partial charge is 0.251 e. The molecule has 1 amide bonds. The molecule has 230 valence electrons. The number of halogens is 3. The van der Waals surface area contributed by atoms with Gasteiger partial charge in [-0.1, -0.05) is 53.5 Å². The second kappa shape index (κ2) is 13.1. The van der Waals surface area contributed by atoms with Crippen molar-refractivity contribution < 1.29 is 17.6 Å². The highest BCUT2D eigenvalue weighted by Gasteiger charge is 2.41.